The number of pyridine rings is 1. The van der Waals surface area contributed by atoms with Crippen LogP contribution in [0.5, 0.6) is 0 Å². The van der Waals surface area contributed by atoms with Gasteiger partial charge in [0.05, 0.1) is 0 Å². The third kappa shape index (κ3) is 2.82. The number of nitrogens with zero attached hydrogens (tertiary/aromatic N) is 1. The third-order valence-corrected chi connectivity index (χ3v) is 2.74. The van der Waals surface area contributed by atoms with Crippen LogP contribution in [0.3, 0.4) is 0 Å². The van der Waals surface area contributed by atoms with Crippen molar-refractivity contribution in [2.45, 2.75) is 6.92 Å². The van der Waals surface area contributed by atoms with Gasteiger partial charge in [-0.3, -0.25) is 9.59 Å². The maximum atomic E-state index is 12.4. The lowest BCUT2D eigenvalue weighted by atomic mass is 10.2. The summed E-state index contributed by atoms with van der Waals surface area (Å²) >= 11 is 0. The van der Waals surface area contributed by atoms with Gasteiger partial charge >= 0.3 is 0 Å². The number of anilines is 2. The Labute approximate surface area is 110 Å². The fraction of sp³-hybridized carbons (Fsp3) is 0.143. The minimum Gasteiger partial charge on any atom is -0.399 e. The van der Waals surface area contributed by atoms with Gasteiger partial charge in [0.15, 0.2) is 0 Å². The molecule has 1 aromatic carbocycles. The number of benzene rings is 1. The molecule has 5 nitrogen and oxygen atoms in total. The smallest absolute Gasteiger partial charge is 0.274 e. The number of aromatic amines is 1. The van der Waals surface area contributed by atoms with Crippen molar-refractivity contribution in [3.05, 3.63) is 58.5 Å². The molecule has 2 aromatic rings. The van der Waals surface area contributed by atoms with Crippen LogP contribution in [0.25, 0.3) is 0 Å². The average Bonchev–Trinajstić information content (AvgIpc) is 2.39. The maximum absolute atomic E-state index is 12.4. The van der Waals surface area contributed by atoms with Crippen molar-refractivity contribution < 1.29 is 4.79 Å². The van der Waals surface area contributed by atoms with Gasteiger partial charge in [-0.1, -0.05) is 12.1 Å². The first kappa shape index (κ1) is 12.9. The lowest BCUT2D eigenvalue weighted by Crippen LogP contribution is -2.32. The highest BCUT2D eigenvalue weighted by Gasteiger charge is 2.16. The van der Waals surface area contributed by atoms with Crippen LogP contribution in [0, 0.1) is 0 Å². The molecule has 0 spiro atoms. The number of carbonyl (C=O) groups excluding carboxylic acids is 1. The average molecular weight is 257 g/mol. The number of aromatic nitrogens is 1. The predicted molar refractivity (Wildman–Crippen MR) is 75.3 cm³/mol. The Hall–Kier alpha value is -2.56. The molecule has 0 aliphatic carbocycles. The van der Waals surface area contributed by atoms with Crippen LogP contribution in [0.15, 0.2) is 47.3 Å². The first-order valence-corrected chi connectivity index (χ1v) is 5.98. The highest BCUT2D eigenvalue weighted by atomic mass is 16.2. The lowest BCUT2D eigenvalue weighted by Gasteiger charge is -2.21. The third-order valence-electron chi connectivity index (χ3n) is 2.74. The first-order valence-electron chi connectivity index (χ1n) is 5.98. The van der Waals surface area contributed by atoms with E-state index >= 15 is 0 Å². The molecule has 0 aliphatic rings. The molecule has 19 heavy (non-hydrogen) atoms. The van der Waals surface area contributed by atoms with Crippen molar-refractivity contribution in [1.29, 1.82) is 0 Å². The lowest BCUT2D eigenvalue weighted by molar-refractivity contribution is 0.0983. The molecule has 0 saturated heterocycles. The summed E-state index contributed by atoms with van der Waals surface area (Å²) in [5.74, 6) is -0.259. The van der Waals surface area contributed by atoms with E-state index in [1.54, 1.807) is 41.3 Å². The second-order valence-electron chi connectivity index (χ2n) is 4.07. The zero-order valence-corrected chi connectivity index (χ0v) is 10.6. The number of nitrogens with two attached hydrogens (primary N) is 1. The molecule has 0 atom stereocenters. The quantitative estimate of drug-likeness (QED) is 0.820. The van der Waals surface area contributed by atoms with Crippen molar-refractivity contribution in [2.75, 3.05) is 17.2 Å². The molecule has 3 N–H and O–H groups in total. The number of rotatable bonds is 3. The fourth-order valence-corrected chi connectivity index (χ4v) is 1.85. The second-order valence-corrected chi connectivity index (χ2v) is 4.07. The molecule has 0 unspecified atom stereocenters. The van der Waals surface area contributed by atoms with E-state index in [-0.39, 0.29) is 17.2 Å². The SMILES string of the molecule is CCN(C(=O)c1cccc(=O)[nH]1)c1cccc(N)c1. The van der Waals surface area contributed by atoms with Crippen LogP contribution >= 0.6 is 0 Å². The van der Waals surface area contributed by atoms with Gasteiger partial charge in [-0.15, -0.1) is 0 Å². The largest absolute Gasteiger partial charge is 0.399 e. The molecule has 1 aromatic heterocycles. The summed E-state index contributed by atoms with van der Waals surface area (Å²) in [6.45, 7) is 2.35. The summed E-state index contributed by atoms with van der Waals surface area (Å²) in [6, 6.07) is 11.6. The minimum absolute atomic E-state index is 0.259. The monoisotopic (exact) mass is 257 g/mol. The molecule has 0 aliphatic heterocycles. The number of nitrogen functional groups attached to an aromatic ring is 1. The Balaban J connectivity index is 2.37. The van der Waals surface area contributed by atoms with Gasteiger partial charge in [-0.05, 0) is 31.2 Å². The fourth-order valence-electron chi connectivity index (χ4n) is 1.85. The minimum atomic E-state index is -0.297. The van der Waals surface area contributed by atoms with E-state index in [2.05, 4.69) is 4.98 Å². The molecular weight excluding hydrogens is 242 g/mol. The van der Waals surface area contributed by atoms with E-state index in [1.165, 1.54) is 6.07 Å². The van der Waals surface area contributed by atoms with E-state index in [0.29, 0.717) is 17.9 Å². The summed E-state index contributed by atoms with van der Waals surface area (Å²) in [5.41, 5.74) is 6.98. The molecule has 98 valence electrons. The van der Waals surface area contributed by atoms with Gasteiger partial charge < -0.3 is 15.6 Å². The Morgan fingerprint density at radius 3 is 2.63 bits per heavy atom. The van der Waals surface area contributed by atoms with Gasteiger partial charge in [0.1, 0.15) is 5.69 Å². The van der Waals surface area contributed by atoms with Crippen molar-refractivity contribution in [3.8, 4) is 0 Å². The Morgan fingerprint density at radius 2 is 2.00 bits per heavy atom. The number of nitrogens with one attached hydrogen (secondary N) is 1. The molecule has 0 fully saturated rings. The van der Waals surface area contributed by atoms with Crippen LogP contribution < -0.4 is 16.2 Å². The topological polar surface area (TPSA) is 79.2 Å². The van der Waals surface area contributed by atoms with Gasteiger partial charge in [0.2, 0.25) is 5.56 Å². The molecule has 2 rings (SSSR count). The van der Waals surface area contributed by atoms with Gasteiger partial charge in [-0.25, -0.2) is 0 Å². The number of hydrogen-bond donors (Lipinski definition) is 2. The summed E-state index contributed by atoms with van der Waals surface area (Å²) < 4.78 is 0. The van der Waals surface area contributed by atoms with E-state index < -0.39 is 0 Å². The van der Waals surface area contributed by atoms with Crippen LogP contribution in [0.2, 0.25) is 0 Å². The number of hydrogen-bond acceptors (Lipinski definition) is 3. The maximum Gasteiger partial charge on any atom is 0.274 e. The Bertz CT molecular complexity index is 649. The van der Waals surface area contributed by atoms with E-state index in [4.69, 9.17) is 5.73 Å². The zero-order chi connectivity index (χ0) is 13.8. The first-order chi connectivity index (χ1) is 9.11. The summed E-state index contributed by atoms with van der Waals surface area (Å²) in [5, 5.41) is 0. The van der Waals surface area contributed by atoms with Gasteiger partial charge in [0, 0.05) is 24.0 Å². The van der Waals surface area contributed by atoms with Crippen LogP contribution in [0.4, 0.5) is 11.4 Å². The van der Waals surface area contributed by atoms with E-state index in [0.717, 1.165) is 0 Å². The molecule has 0 radical (unpaired) electrons. The standard InChI is InChI=1S/C14H15N3O2/c1-2-17(11-6-3-5-10(15)9-11)14(19)12-7-4-8-13(18)16-12/h3-9H,2,15H2,1H3,(H,16,18). The van der Waals surface area contributed by atoms with Crippen molar-refractivity contribution in [1.82, 2.24) is 4.98 Å². The summed E-state index contributed by atoms with van der Waals surface area (Å²) in [6.07, 6.45) is 0. The second kappa shape index (κ2) is 5.39. The van der Waals surface area contributed by atoms with Crippen LogP contribution in [-0.2, 0) is 0 Å². The Kier molecular flexibility index (Phi) is 3.66. The van der Waals surface area contributed by atoms with Gasteiger partial charge in [-0.2, -0.15) is 0 Å². The van der Waals surface area contributed by atoms with E-state index in [1.807, 2.05) is 6.92 Å². The summed E-state index contributed by atoms with van der Waals surface area (Å²) in [4.78, 5) is 27.7. The van der Waals surface area contributed by atoms with Crippen LogP contribution in [-0.4, -0.2) is 17.4 Å². The molecular formula is C14H15N3O2. The number of amides is 1. The number of carbonyl (C=O) groups is 1. The molecule has 0 saturated carbocycles. The molecule has 1 heterocycles. The normalized spacial score (nSPS) is 10.2. The Morgan fingerprint density at radius 1 is 1.26 bits per heavy atom. The van der Waals surface area contributed by atoms with E-state index in [9.17, 15) is 9.59 Å². The van der Waals surface area contributed by atoms with Crippen molar-refractivity contribution in [2.24, 2.45) is 0 Å². The highest BCUT2D eigenvalue weighted by Crippen LogP contribution is 2.18. The molecule has 5 heteroatoms. The summed E-state index contributed by atoms with van der Waals surface area (Å²) in [7, 11) is 0. The predicted octanol–water partition coefficient (Wildman–Crippen LogP) is 1.62. The molecule has 0 bridgehead atoms. The van der Waals surface area contributed by atoms with Gasteiger partial charge in [0.25, 0.3) is 5.91 Å². The highest BCUT2D eigenvalue weighted by molar-refractivity contribution is 6.04. The van der Waals surface area contributed by atoms with Crippen molar-refractivity contribution >= 4 is 17.3 Å². The molecule has 1 amide bonds. The zero-order valence-electron chi connectivity index (χ0n) is 10.6. The van der Waals surface area contributed by atoms with Crippen LogP contribution in [0.1, 0.15) is 17.4 Å². The van der Waals surface area contributed by atoms with Crippen molar-refractivity contribution in [3.63, 3.8) is 0 Å². The number of H-pyrrole nitrogens is 1.